The second-order valence-electron chi connectivity index (χ2n) is 4.66. The van der Waals surface area contributed by atoms with Crippen molar-refractivity contribution in [2.24, 2.45) is 0 Å². The summed E-state index contributed by atoms with van der Waals surface area (Å²) in [5, 5.41) is 8.49. The molecule has 5 nitrogen and oxygen atoms in total. The van der Waals surface area contributed by atoms with Crippen LogP contribution in [0.25, 0.3) is 0 Å². The van der Waals surface area contributed by atoms with Crippen LogP contribution >= 0.6 is 0 Å². The third kappa shape index (κ3) is 3.12. The number of hydrogen-bond acceptors (Lipinski definition) is 2. The summed E-state index contributed by atoms with van der Waals surface area (Å²) >= 11 is 0. The van der Waals surface area contributed by atoms with Crippen molar-refractivity contribution in [1.29, 1.82) is 0 Å². The molecule has 1 heterocycles. The molecule has 2 fully saturated rings. The van der Waals surface area contributed by atoms with Crippen molar-refractivity contribution < 1.29 is 9.59 Å². The van der Waals surface area contributed by atoms with Gasteiger partial charge < -0.3 is 16.0 Å². The number of carbonyl (C=O) groups is 2. The second kappa shape index (κ2) is 5.18. The van der Waals surface area contributed by atoms with Crippen molar-refractivity contribution in [3.8, 4) is 0 Å². The molecule has 0 spiro atoms. The number of nitrogens with one attached hydrogen (secondary N) is 3. The normalized spacial score (nSPS) is 26.2. The molecular formula is C11H19N3O2. The molecule has 1 aliphatic carbocycles. The molecule has 0 aromatic rings. The summed E-state index contributed by atoms with van der Waals surface area (Å²) in [7, 11) is 0. The van der Waals surface area contributed by atoms with E-state index in [1.807, 2.05) is 0 Å². The fourth-order valence-electron chi connectivity index (χ4n) is 2.37. The Balaban J connectivity index is 1.69. The first-order valence-corrected chi connectivity index (χ1v) is 6.08. The molecule has 1 atom stereocenters. The molecule has 0 unspecified atom stereocenters. The molecule has 0 aromatic heterocycles. The maximum Gasteiger partial charge on any atom is 0.315 e. The van der Waals surface area contributed by atoms with E-state index in [9.17, 15) is 9.59 Å². The van der Waals surface area contributed by atoms with Crippen LogP contribution in [-0.4, -0.2) is 30.6 Å². The number of hydrogen-bond donors (Lipinski definition) is 3. The van der Waals surface area contributed by atoms with Crippen LogP contribution in [0, 0.1) is 0 Å². The first-order chi connectivity index (χ1) is 7.74. The summed E-state index contributed by atoms with van der Waals surface area (Å²) in [6.45, 7) is 0.552. The zero-order valence-electron chi connectivity index (χ0n) is 9.42. The standard InChI is InChI=1S/C11H19N3O2/c15-10-6-9(7-12-10)14-11(16)13-8-4-2-1-3-5-8/h8-9H,1-7H2,(H,12,15)(H2,13,14,16)/t9-/m1/s1. The highest BCUT2D eigenvalue weighted by Crippen LogP contribution is 2.17. The molecule has 3 N–H and O–H groups in total. The zero-order chi connectivity index (χ0) is 11.4. The molecule has 0 bridgehead atoms. The van der Waals surface area contributed by atoms with Gasteiger partial charge in [-0.25, -0.2) is 4.79 Å². The van der Waals surface area contributed by atoms with Crippen LogP contribution in [0.15, 0.2) is 0 Å². The molecule has 16 heavy (non-hydrogen) atoms. The van der Waals surface area contributed by atoms with E-state index >= 15 is 0 Å². The Kier molecular flexibility index (Phi) is 3.64. The van der Waals surface area contributed by atoms with E-state index < -0.39 is 0 Å². The maximum atomic E-state index is 11.6. The lowest BCUT2D eigenvalue weighted by molar-refractivity contribution is -0.119. The van der Waals surface area contributed by atoms with Gasteiger partial charge in [-0.05, 0) is 12.8 Å². The number of rotatable bonds is 2. The van der Waals surface area contributed by atoms with Gasteiger partial charge in [0.2, 0.25) is 5.91 Å². The fraction of sp³-hybridized carbons (Fsp3) is 0.818. The maximum absolute atomic E-state index is 11.6. The molecule has 5 heteroatoms. The largest absolute Gasteiger partial charge is 0.354 e. The van der Waals surface area contributed by atoms with Crippen molar-refractivity contribution in [1.82, 2.24) is 16.0 Å². The van der Waals surface area contributed by atoms with Crippen molar-refractivity contribution >= 4 is 11.9 Å². The highest BCUT2D eigenvalue weighted by atomic mass is 16.2. The monoisotopic (exact) mass is 225 g/mol. The van der Waals surface area contributed by atoms with Crippen LogP contribution in [0.2, 0.25) is 0 Å². The molecule has 0 aromatic carbocycles. The van der Waals surface area contributed by atoms with Crippen molar-refractivity contribution in [2.75, 3.05) is 6.54 Å². The van der Waals surface area contributed by atoms with Crippen molar-refractivity contribution in [3.05, 3.63) is 0 Å². The predicted octanol–water partition coefficient (Wildman–Crippen LogP) is 0.507. The number of amides is 3. The molecule has 1 aliphatic heterocycles. The molecule has 2 aliphatic rings. The molecule has 1 saturated carbocycles. The minimum Gasteiger partial charge on any atom is -0.354 e. The first kappa shape index (κ1) is 11.2. The fourth-order valence-corrected chi connectivity index (χ4v) is 2.37. The van der Waals surface area contributed by atoms with E-state index in [-0.39, 0.29) is 18.0 Å². The molecular weight excluding hydrogens is 206 g/mol. The molecule has 0 radical (unpaired) electrons. The topological polar surface area (TPSA) is 70.2 Å². The van der Waals surface area contributed by atoms with Gasteiger partial charge in [0.05, 0.1) is 6.04 Å². The average molecular weight is 225 g/mol. The van der Waals surface area contributed by atoms with Crippen LogP contribution in [0.3, 0.4) is 0 Å². The Morgan fingerprint density at radius 3 is 2.44 bits per heavy atom. The van der Waals surface area contributed by atoms with Gasteiger partial charge in [-0.2, -0.15) is 0 Å². The summed E-state index contributed by atoms with van der Waals surface area (Å²) in [4.78, 5) is 22.6. The Bertz CT molecular complexity index is 274. The highest BCUT2D eigenvalue weighted by Gasteiger charge is 2.24. The summed E-state index contributed by atoms with van der Waals surface area (Å²) in [5.74, 6) is 0.0166. The number of carbonyl (C=O) groups excluding carboxylic acids is 2. The Hall–Kier alpha value is -1.26. The summed E-state index contributed by atoms with van der Waals surface area (Å²) in [6.07, 6.45) is 6.24. The van der Waals surface area contributed by atoms with E-state index in [1.165, 1.54) is 19.3 Å². The third-order valence-corrected chi connectivity index (χ3v) is 3.25. The van der Waals surface area contributed by atoms with E-state index in [2.05, 4.69) is 16.0 Å². The molecule has 90 valence electrons. The van der Waals surface area contributed by atoms with E-state index in [0.717, 1.165) is 12.8 Å². The van der Waals surface area contributed by atoms with Crippen molar-refractivity contribution in [3.63, 3.8) is 0 Å². The quantitative estimate of drug-likeness (QED) is 0.640. The lowest BCUT2D eigenvalue weighted by Crippen LogP contribution is -2.47. The lowest BCUT2D eigenvalue weighted by Gasteiger charge is -2.23. The molecule has 1 saturated heterocycles. The summed E-state index contributed by atoms with van der Waals surface area (Å²) < 4.78 is 0. The predicted molar refractivity (Wildman–Crippen MR) is 60.0 cm³/mol. The average Bonchev–Trinajstić information content (AvgIpc) is 2.65. The Morgan fingerprint density at radius 1 is 1.12 bits per heavy atom. The van der Waals surface area contributed by atoms with Crippen LogP contribution < -0.4 is 16.0 Å². The Labute approximate surface area is 95.3 Å². The SMILES string of the molecule is O=C1C[C@@H](NC(=O)NC2CCCCC2)CN1. The van der Waals surface area contributed by atoms with Crippen molar-refractivity contribution in [2.45, 2.75) is 50.6 Å². The smallest absolute Gasteiger partial charge is 0.315 e. The van der Waals surface area contributed by atoms with Gasteiger partial charge in [0.25, 0.3) is 0 Å². The Morgan fingerprint density at radius 2 is 1.81 bits per heavy atom. The minimum atomic E-state index is -0.131. The van der Waals surface area contributed by atoms with Gasteiger partial charge in [-0.15, -0.1) is 0 Å². The van der Waals surface area contributed by atoms with E-state index in [4.69, 9.17) is 0 Å². The van der Waals surface area contributed by atoms with Gasteiger partial charge >= 0.3 is 6.03 Å². The molecule has 3 amide bonds. The van der Waals surface area contributed by atoms with Crippen LogP contribution in [0.4, 0.5) is 4.79 Å². The van der Waals surface area contributed by atoms with Gasteiger partial charge in [0.15, 0.2) is 0 Å². The second-order valence-corrected chi connectivity index (χ2v) is 4.66. The molecule has 2 rings (SSSR count). The van der Waals surface area contributed by atoms with E-state index in [1.54, 1.807) is 0 Å². The van der Waals surface area contributed by atoms with Crippen LogP contribution in [0.5, 0.6) is 0 Å². The highest BCUT2D eigenvalue weighted by molar-refractivity contribution is 5.81. The van der Waals surface area contributed by atoms with Gasteiger partial charge in [-0.3, -0.25) is 4.79 Å². The number of urea groups is 1. The van der Waals surface area contributed by atoms with Gasteiger partial charge in [-0.1, -0.05) is 19.3 Å². The zero-order valence-corrected chi connectivity index (χ0v) is 9.42. The van der Waals surface area contributed by atoms with Gasteiger partial charge in [0, 0.05) is 19.0 Å². The van der Waals surface area contributed by atoms with Crippen LogP contribution in [-0.2, 0) is 4.79 Å². The first-order valence-electron chi connectivity index (χ1n) is 6.08. The minimum absolute atomic E-state index is 0.0166. The lowest BCUT2D eigenvalue weighted by atomic mass is 9.96. The van der Waals surface area contributed by atoms with Crippen LogP contribution in [0.1, 0.15) is 38.5 Å². The summed E-state index contributed by atoms with van der Waals surface area (Å²) in [6, 6.07) is 0.142. The van der Waals surface area contributed by atoms with Gasteiger partial charge in [0.1, 0.15) is 0 Å². The summed E-state index contributed by atoms with van der Waals surface area (Å²) in [5.41, 5.74) is 0. The van der Waals surface area contributed by atoms with E-state index in [0.29, 0.717) is 19.0 Å². The third-order valence-electron chi connectivity index (χ3n) is 3.25.